The lowest BCUT2D eigenvalue weighted by Gasteiger charge is -2.11. The molecule has 2 heterocycles. The molecule has 0 saturated heterocycles. The number of aromatic amines is 1. The van der Waals surface area contributed by atoms with Crippen LogP contribution < -0.4 is 10.6 Å². The van der Waals surface area contributed by atoms with Gasteiger partial charge in [0.1, 0.15) is 0 Å². The number of halogens is 1. The van der Waals surface area contributed by atoms with Crippen LogP contribution in [0.4, 0.5) is 5.69 Å². The summed E-state index contributed by atoms with van der Waals surface area (Å²) in [5.41, 5.74) is 3.71. The van der Waals surface area contributed by atoms with Crippen LogP contribution in [0.1, 0.15) is 20.7 Å². The lowest BCUT2D eigenvalue weighted by Crippen LogP contribution is -2.20. The molecule has 2 amide bonds. The van der Waals surface area contributed by atoms with Gasteiger partial charge in [-0.05, 0) is 44.4 Å². The number of fused-ring (bicyclic) bond motifs is 5. The van der Waals surface area contributed by atoms with Gasteiger partial charge in [0.25, 0.3) is 11.8 Å². The van der Waals surface area contributed by atoms with Crippen LogP contribution in [0.2, 0.25) is 0 Å². The van der Waals surface area contributed by atoms with Crippen LogP contribution in [-0.2, 0) is 0 Å². The summed E-state index contributed by atoms with van der Waals surface area (Å²) < 4.78 is 0. The van der Waals surface area contributed by atoms with E-state index in [-0.39, 0.29) is 24.2 Å². The first kappa shape index (κ1) is 17.3. The second-order valence-corrected chi connectivity index (χ2v) is 6.31. The van der Waals surface area contributed by atoms with Crippen LogP contribution in [0.25, 0.3) is 21.8 Å². The van der Waals surface area contributed by atoms with Gasteiger partial charge in [0.05, 0.1) is 11.1 Å². The van der Waals surface area contributed by atoms with E-state index in [1.54, 1.807) is 6.07 Å². The van der Waals surface area contributed by atoms with Gasteiger partial charge in [-0.1, -0.05) is 0 Å². The van der Waals surface area contributed by atoms with Gasteiger partial charge in [-0.15, -0.1) is 12.4 Å². The third-order valence-corrected chi connectivity index (χ3v) is 4.35. The third kappa shape index (κ3) is 2.83. The van der Waals surface area contributed by atoms with Gasteiger partial charge < -0.3 is 15.2 Å². The molecule has 0 fully saturated rings. The second-order valence-electron chi connectivity index (χ2n) is 6.31. The Balaban J connectivity index is 0.00000182. The summed E-state index contributed by atoms with van der Waals surface area (Å²) in [5, 5.41) is 7.52. The van der Waals surface area contributed by atoms with Gasteiger partial charge in [-0.3, -0.25) is 14.9 Å². The number of nitrogens with zero attached hydrogens (tertiary/aromatic N) is 1. The quantitative estimate of drug-likeness (QED) is 0.626. The molecule has 0 radical (unpaired) electrons. The predicted molar refractivity (Wildman–Crippen MR) is 102 cm³/mol. The van der Waals surface area contributed by atoms with Gasteiger partial charge in [-0.25, -0.2) is 0 Å². The number of hydrogen-bond acceptors (Lipinski definition) is 4. The van der Waals surface area contributed by atoms with Crippen LogP contribution in [0.5, 0.6) is 0 Å². The van der Waals surface area contributed by atoms with E-state index in [0.717, 1.165) is 40.6 Å². The van der Waals surface area contributed by atoms with Crippen molar-refractivity contribution in [3.05, 3.63) is 41.5 Å². The molecule has 0 bridgehead atoms. The molecule has 0 spiro atoms. The molecule has 6 nitrogen and oxygen atoms in total. The average molecular weight is 359 g/mol. The SMILES string of the molecule is CN(C)CCNc1ccc2[nH]c3ccc4c(c3c2c1)C(=O)NC4=O.Cl. The first-order chi connectivity index (χ1) is 11.5. The minimum absolute atomic E-state index is 0. The number of rotatable bonds is 4. The number of hydrogen-bond donors (Lipinski definition) is 3. The largest absolute Gasteiger partial charge is 0.384 e. The molecule has 3 N–H and O–H groups in total. The van der Waals surface area contributed by atoms with Crippen molar-refractivity contribution in [2.75, 3.05) is 32.5 Å². The number of benzene rings is 2. The summed E-state index contributed by atoms with van der Waals surface area (Å²) in [6.45, 7) is 1.76. The van der Waals surface area contributed by atoms with E-state index in [2.05, 4.69) is 20.5 Å². The topological polar surface area (TPSA) is 77.2 Å². The van der Waals surface area contributed by atoms with Crippen LogP contribution in [-0.4, -0.2) is 48.9 Å². The lowest BCUT2D eigenvalue weighted by molar-refractivity contribution is 0.0880. The molecule has 1 aliphatic heterocycles. The molecular formula is C18H19ClN4O2. The molecule has 130 valence electrons. The Morgan fingerprint density at radius 3 is 2.56 bits per heavy atom. The fourth-order valence-corrected chi connectivity index (χ4v) is 3.18. The van der Waals surface area contributed by atoms with E-state index in [9.17, 15) is 9.59 Å². The Hall–Kier alpha value is -2.57. The Morgan fingerprint density at radius 1 is 1.04 bits per heavy atom. The average Bonchev–Trinajstić information content (AvgIpc) is 3.04. The highest BCUT2D eigenvalue weighted by atomic mass is 35.5. The van der Waals surface area contributed by atoms with E-state index >= 15 is 0 Å². The maximum atomic E-state index is 12.2. The number of aromatic nitrogens is 1. The molecule has 4 rings (SSSR count). The predicted octanol–water partition coefficient (Wildman–Crippen LogP) is 2.60. The summed E-state index contributed by atoms with van der Waals surface area (Å²) in [4.78, 5) is 29.5. The number of amides is 2. The van der Waals surface area contributed by atoms with Gasteiger partial charge in [0.15, 0.2) is 0 Å². The standard InChI is InChI=1S/C18H18N4O2.ClH/c1-22(2)8-7-19-10-3-5-13-12(9-10)15-14(20-13)6-4-11-16(15)18(24)21-17(11)23;/h3-6,9,19-20H,7-8H2,1-2H3,(H,21,23,24);1H. The minimum atomic E-state index is -0.327. The van der Waals surface area contributed by atoms with E-state index < -0.39 is 0 Å². The summed E-state index contributed by atoms with van der Waals surface area (Å²) in [5.74, 6) is -0.654. The molecular weight excluding hydrogens is 340 g/mol. The summed E-state index contributed by atoms with van der Waals surface area (Å²) >= 11 is 0. The first-order valence-corrected chi connectivity index (χ1v) is 7.87. The van der Waals surface area contributed by atoms with E-state index in [4.69, 9.17) is 0 Å². The number of carbonyl (C=O) groups excluding carboxylic acids is 2. The van der Waals surface area contributed by atoms with Crippen LogP contribution in [0, 0.1) is 0 Å². The van der Waals surface area contributed by atoms with Gasteiger partial charge in [0, 0.05) is 40.6 Å². The summed E-state index contributed by atoms with van der Waals surface area (Å²) in [7, 11) is 4.06. The fraction of sp³-hybridized carbons (Fsp3) is 0.222. The monoisotopic (exact) mass is 358 g/mol. The molecule has 7 heteroatoms. The highest BCUT2D eigenvalue weighted by Gasteiger charge is 2.30. The summed E-state index contributed by atoms with van der Waals surface area (Å²) in [6.07, 6.45) is 0. The van der Waals surface area contributed by atoms with Crippen molar-refractivity contribution in [1.82, 2.24) is 15.2 Å². The van der Waals surface area contributed by atoms with Crippen molar-refractivity contribution < 1.29 is 9.59 Å². The lowest BCUT2D eigenvalue weighted by atomic mass is 10.0. The van der Waals surface area contributed by atoms with Crippen LogP contribution >= 0.6 is 12.4 Å². The Kier molecular flexibility index (Phi) is 4.41. The van der Waals surface area contributed by atoms with E-state index in [1.165, 1.54) is 0 Å². The molecule has 2 aromatic carbocycles. The van der Waals surface area contributed by atoms with Gasteiger partial charge in [-0.2, -0.15) is 0 Å². The number of nitrogens with one attached hydrogen (secondary N) is 3. The third-order valence-electron chi connectivity index (χ3n) is 4.35. The maximum absolute atomic E-state index is 12.2. The van der Waals surface area contributed by atoms with E-state index in [0.29, 0.717) is 11.1 Å². The van der Waals surface area contributed by atoms with Crippen molar-refractivity contribution >= 4 is 51.7 Å². The van der Waals surface area contributed by atoms with Crippen molar-refractivity contribution in [1.29, 1.82) is 0 Å². The molecule has 1 aliphatic rings. The second kappa shape index (κ2) is 6.38. The number of H-pyrrole nitrogens is 1. The smallest absolute Gasteiger partial charge is 0.259 e. The Morgan fingerprint density at radius 2 is 1.80 bits per heavy atom. The fourth-order valence-electron chi connectivity index (χ4n) is 3.18. The molecule has 0 atom stereocenters. The van der Waals surface area contributed by atoms with Crippen molar-refractivity contribution in [3.63, 3.8) is 0 Å². The number of anilines is 1. The molecule has 25 heavy (non-hydrogen) atoms. The molecule has 3 aromatic rings. The number of likely N-dealkylation sites (N-methyl/N-ethyl adjacent to an activating group) is 1. The zero-order valence-electron chi connectivity index (χ0n) is 14.0. The van der Waals surface area contributed by atoms with Gasteiger partial charge >= 0.3 is 0 Å². The maximum Gasteiger partial charge on any atom is 0.259 e. The van der Waals surface area contributed by atoms with Crippen LogP contribution in [0.3, 0.4) is 0 Å². The first-order valence-electron chi connectivity index (χ1n) is 7.87. The van der Waals surface area contributed by atoms with Crippen molar-refractivity contribution in [2.45, 2.75) is 0 Å². The number of imide groups is 1. The van der Waals surface area contributed by atoms with Crippen molar-refractivity contribution in [2.24, 2.45) is 0 Å². The zero-order valence-corrected chi connectivity index (χ0v) is 14.8. The van der Waals surface area contributed by atoms with Gasteiger partial charge in [0.2, 0.25) is 0 Å². The zero-order chi connectivity index (χ0) is 16.8. The highest BCUT2D eigenvalue weighted by Crippen LogP contribution is 2.33. The van der Waals surface area contributed by atoms with Crippen LogP contribution in [0.15, 0.2) is 30.3 Å². The highest BCUT2D eigenvalue weighted by molar-refractivity contribution is 6.30. The van der Waals surface area contributed by atoms with E-state index in [1.807, 2.05) is 38.4 Å². The minimum Gasteiger partial charge on any atom is -0.384 e. The number of carbonyl (C=O) groups is 2. The van der Waals surface area contributed by atoms with Crippen molar-refractivity contribution in [3.8, 4) is 0 Å². The Bertz CT molecular complexity index is 994. The molecule has 0 saturated carbocycles. The normalized spacial score (nSPS) is 13.2. The molecule has 0 aliphatic carbocycles. The Labute approximate surface area is 151 Å². The molecule has 0 unspecified atom stereocenters. The molecule has 1 aromatic heterocycles. The summed E-state index contributed by atoms with van der Waals surface area (Å²) in [6, 6.07) is 9.59.